The number of esters is 2. The van der Waals surface area contributed by atoms with Crippen LogP contribution in [0.3, 0.4) is 0 Å². The van der Waals surface area contributed by atoms with Gasteiger partial charge in [-0.25, -0.2) is 9.59 Å². The summed E-state index contributed by atoms with van der Waals surface area (Å²) in [5.74, 6) is 4.92. The number of hydrogen-bond donors (Lipinski definition) is 3. The Labute approximate surface area is 480 Å². The topological polar surface area (TPSA) is 162 Å². The van der Waals surface area contributed by atoms with E-state index in [1.807, 2.05) is 0 Å². The van der Waals surface area contributed by atoms with Gasteiger partial charge in [0, 0.05) is 72.2 Å². The van der Waals surface area contributed by atoms with Crippen molar-refractivity contribution in [3.63, 3.8) is 0 Å². The smallest absolute Gasteiger partial charge is 0.340 e. The molecule has 13 rings (SSSR count). The molecule has 424 valence electrons. The fourth-order valence-corrected chi connectivity index (χ4v) is 16.5. The molecule has 12 atom stereocenters. The van der Waals surface area contributed by atoms with Gasteiger partial charge in [0.15, 0.2) is 17.8 Å². The van der Waals surface area contributed by atoms with Gasteiger partial charge in [-0.15, -0.1) is 0 Å². The number of carbonyl (C=O) groups is 2. The molecule has 1 spiro atoms. The molecular weight excluding hydrogens is 1030 g/mol. The van der Waals surface area contributed by atoms with E-state index in [4.69, 9.17) is 23.4 Å². The third-order valence-corrected chi connectivity index (χ3v) is 20.4. The number of benzene rings is 4. The van der Waals surface area contributed by atoms with Crippen molar-refractivity contribution in [2.75, 3.05) is 26.9 Å². The van der Waals surface area contributed by atoms with Crippen molar-refractivity contribution < 1.29 is 48.3 Å². The average molecular weight is 1100 g/mol. The third kappa shape index (κ3) is 9.15. The lowest BCUT2D eigenvalue weighted by Gasteiger charge is -2.56. The van der Waals surface area contributed by atoms with E-state index in [0.29, 0.717) is 47.5 Å². The van der Waals surface area contributed by atoms with Crippen LogP contribution in [0.4, 0.5) is 0 Å². The molecule has 0 amide bonds. The first kappa shape index (κ1) is 54.4. The van der Waals surface area contributed by atoms with Crippen LogP contribution in [-0.2, 0) is 48.7 Å². The van der Waals surface area contributed by atoms with Gasteiger partial charge < -0.3 is 38.7 Å². The predicted molar refractivity (Wildman–Crippen MR) is 313 cm³/mol. The Balaban J connectivity index is 1.00. The minimum absolute atomic E-state index is 0.00732. The number of ether oxygens (including phenoxy) is 4. The fraction of sp³-hybridized carbons (Fsp3) is 0.451. The minimum Gasteiger partial charge on any atom is -0.481 e. The molecule has 3 N–H and O–H groups in total. The molecule has 5 aromatic rings. The van der Waals surface area contributed by atoms with Crippen molar-refractivity contribution in [1.82, 2.24) is 0 Å². The second-order valence-corrected chi connectivity index (χ2v) is 24.6. The number of carbonyl (C=O) groups excluding carboxylic acids is 2. The third-order valence-electron chi connectivity index (χ3n) is 20.4. The van der Waals surface area contributed by atoms with E-state index in [2.05, 4.69) is 115 Å². The highest BCUT2D eigenvalue weighted by Gasteiger charge is 2.65. The predicted octanol–water partition coefficient (Wildman–Crippen LogP) is 11.9. The zero-order valence-corrected chi connectivity index (χ0v) is 47.1. The summed E-state index contributed by atoms with van der Waals surface area (Å²) in [5.41, 5.74) is 7.60. The van der Waals surface area contributed by atoms with Crippen molar-refractivity contribution in [2.45, 2.75) is 144 Å². The Bertz CT molecular complexity index is 3580. The van der Waals surface area contributed by atoms with Crippen molar-refractivity contribution in [1.29, 1.82) is 0 Å². The Morgan fingerprint density at radius 3 is 2.59 bits per heavy atom. The molecule has 0 saturated heterocycles. The second-order valence-electron chi connectivity index (χ2n) is 24.6. The van der Waals surface area contributed by atoms with Crippen LogP contribution in [0.25, 0.3) is 17.0 Å². The standard InChI is InChI=1S/C71H74O11/c1-42(39-73)54-27-20-43-21-28-55-48(35-43)14-10-16-52-26-23-45-12-4-6-19-60(45)71(52)67(81-68(54)76)66(64-61(82-71)31-30-57-58(40-74)63(69(77)80-65(57)64)49(32-34-72)41-78-2)79-62(75)38-50-36-47(24-29-56(50)55)46-13-9-17-53(37-46)70-33-8-7-15-51(70)25-22-44-11-3-5-18-59(44)70/h3,5,9,11,13,17-18,21-26,28-31,35,37,45,47,49-52,56,60,66-67,72-74H,4,6-8,12,14-15,19-20,27,32-34,36,38-41H2,1-2H3/b54-42-/t45-,47-,49+,50-,51+,52+,56+,60-,66+,67+,70-,71-/m0/s1. The van der Waals surface area contributed by atoms with Crippen LogP contribution in [0.1, 0.15) is 163 Å². The van der Waals surface area contributed by atoms with Gasteiger partial charge in [0.1, 0.15) is 11.3 Å². The summed E-state index contributed by atoms with van der Waals surface area (Å²) < 4.78 is 33.8. The van der Waals surface area contributed by atoms with Gasteiger partial charge in [-0.05, 0) is 138 Å². The summed E-state index contributed by atoms with van der Waals surface area (Å²) in [5, 5.41) is 32.6. The van der Waals surface area contributed by atoms with E-state index < -0.39 is 53.8 Å². The zero-order valence-electron chi connectivity index (χ0n) is 47.1. The molecule has 2 saturated carbocycles. The first-order valence-electron chi connectivity index (χ1n) is 30.1. The first-order valence-corrected chi connectivity index (χ1v) is 30.1. The average Bonchev–Trinajstić information content (AvgIpc) is 2.10. The lowest BCUT2D eigenvalue weighted by Crippen LogP contribution is -2.66. The molecule has 1 aromatic heterocycles. The van der Waals surface area contributed by atoms with Gasteiger partial charge in [0.2, 0.25) is 0 Å². The fourth-order valence-electron chi connectivity index (χ4n) is 16.5. The SMILES string of the molecule is COC[C@@H](CCO)c1c(CO)c2ccc3c(c2oc1=O)[C@H]1OC(=O)C[C@@H]2C[C@@H](c4cccc([C@]56CCCC[C@@H]5C=Cc5ccccc56)c4)C=C[C@H]2c2ccc4cc2CC#C[C@@H]2C=C[C@@H]5CCCC[C@@H]5[C@]2(O3)[C@@H]1OC(=O)/C(=C(/C)CO)CC4. The molecule has 11 heteroatoms. The van der Waals surface area contributed by atoms with Crippen LogP contribution in [0, 0.1) is 41.4 Å². The summed E-state index contributed by atoms with van der Waals surface area (Å²) in [4.78, 5) is 46.0. The molecular formula is C71H74O11. The molecule has 0 unspecified atom stereocenters. The van der Waals surface area contributed by atoms with E-state index in [0.717, 1.165) is 61.6 Å². The highest BCUT2D eigenvalue weighted by molar-refractivity contribution is 5.91. The van der Waals surface area contributed by atoms with E-state index in [9.17, 15) is 20.1 Å². The van der Waals surface area contributed by atoms with Crippen molar-refractivity contribution in [3.05, 3.63) is 186 Å². The van der Waals surface area contributed by atoms with Crippen molar-refractivity contribution in [2.24, 2.45) is 29.6 Å². The van der Waals surface area contributed by atoms with Gasteiger partial charge in [-0.3, -0.25) is 4.79 Å². The van der Waals surface area contributed by atoms with Crippen LogP contribution in [0.5, 0.6) is 5.75 Å². The normalized spacial score (nSPS) is 30.7. The molecule has 82 heavy (non-hydrogen) atoms. The Morgan fingerprint density at radius 2 is 1.73 bits per heavy atom. The molecule has 11 nitrogen and oxygen atoms in total. The minimum atomic E-state index is -1.41. The quantitative estimate of drug-likeness (QED) is 0.0423. The summed E-state index contributed by atoms with van der Waals surface area (Å²) in [6.07, 6.45) is 21.1. The number of aliphatic hydroxyl groups is 3. The Hall–Kier alpha value is -6.81. The molecule has 8 aliphatic rings. The maximum absolute atomic E-state index is 15.9. The zero-order chi connectivity index (χ0) is 56.3. The van der Waals surface area contributed by atoms with Gasteiger partial charge >= 0.3 is 17.6 Å². The van der Waals surface area contributed by atoms with Crippen molar-refractivity contribution >= 4 is 29.0 Å². The first-order chi connectivity index (χ1) is 40.1. The van der Waals surface area contributed by atoms with Crippen molar-refractivity contribution in [3.8, 4) is 17.6 Å². The molecule has 3 aliphatic heterocycles. The van der Waals surface area contributed by atoms with Crippen LogP contribution in [-0.4, -0.2) is 65.9 Å². The maximum atomic E-state index is 15.9. The molecule has 5 aliphatic carbocycles. The Kier molecular flexibility index (Phi) is 14.9. The molecule has 4 heterocycles. The Morgan fingerprint density at radius 1 is 0.866 bits per heavy atom. The van der Waals surface area contributed by atoms with Crippen LogP contribution in [0.2, 0.25) is 0 Å². The lowest BCUT2D eigenvalue weighted by atomic mass is 9.56. The largest absolute Gasteiger partial charge is 0.481 e. The van der Waals surface area contributed by atoms with Gasteiger partial charge in [0.05, 0.1) is 31.3 Å². The lowest BCUT2D eigenvalue weighted by molar-refractivity contribution is -0.214. The number of aryl methyl sites for hydroxylation is 1. The van der Waals surface area contributed by atoms with Crippen LogP contribution in [0.15, 0.2) is 130 Å². The monoisotopic (exact) mass is 1100 g/mol. The highest BCUT2D eigenvalue weighted by atomic mass is 16.6. The van der Waals surface area contributed by atoms with Gasteiger partial charge in [-0.2, -0.15) is 0 Å². The summed E-state index contributed by atoms with van der Waals surface area (Å²) in [6.45, 7) is 0.663. The number of hydrogen-bond acceptors (Lipinski definition) is 11. The molecule has 4 aromatic carbocycles. The van der Waals surface area contributed by atoms with E-state index in [1.165, 1.54) is 35.8 Å². The number of methoxy groups -OCH3 is 1. The second kappa shape index (κ2) is 22.4. The number of aliphatic hydroxyl groups excluding tert-OH is 3. The summed E-state index contributed by atoms with van der Waals surface area (Å²) >= 11 is 0. The van der Waals surface area contributed by atoms with Crippen LogP contribution < -0.4 is 10.4 Å². The molecule has 5 bridgehead atoms. The number of allylic oxidation sites excluding steroid dienone is 4. The molecule has 0 radical (unpaired) electrons. The maximum Gasteiger partial charge on any atom is 0.340 e. The number of rotatable bonds is 9. The van der Waals surface area contributed by atoms with Gasteiger partial charge in [0.25, 0.3) is 0 Å². The summed E-state index contributed by atoms with van der Waals surface area (Å²) in [6, 6.07) is 28.2. The van der Waals surface area contributed by atoms with E-state index in [-0.39, 0.29) is 96.4 Å². The highest BCUT2D eigenvalue weighted by Crippen LogP contribution is 2.59. The van der Waals surface area contributed by atoms with Gasteiger partial charge in [-0.1, -0.05) is 141 Å². The summed E-state index contributed by atoms with van der Waals surface area (Å²) in [7, 11) is 1.51. The number of fused-ring (bicyclic) bond motifs is 12. The van der Waals surface area contributed by atoms with Crippen LogP contribution >= 0.6 is 0 Å². The van der Waals surface area contributed by atoms with E-state index in [1.54, 1.807) is 19.1 Å². The molecule has 2 fully saturated rings. The van der Waals surface area contributed by atoms with E-state index >= 15 is 9.59 Å².